The molecule has 2 aromatic carbocycles. The number of para-hydroxylation sites is 2. The molecule has 0 bridgehead atoms. The largest absolute Gasteiger partial charge is 0.495 e. The van der Waals surface area contributed by atoms with Gasteiger partial charge in [-0.25, -0.2) is 0 Å². The van der Waals surface area contributed by atoms with Crippen molar-refractivity contribution >= 4 is 17.5 Å². The van der Waals surface area contributed by atoms with Gasteiger partial charge in [0.1, 0.15) is 12.3 Å². The number of anilines is 1. The first-order valence-corrected chi connectivity index (χ1v) is 7.84. The van der Waals surface area contributed by atoms with Gasteiger partial charge in [0.2, 0.25) is 5.91 Å². The van der Waals surface area contributed by atoms with Crippen LogP contribution in [0.2, 0.25) is 0 Å². The molecule has 0 atom stereocenters. The Kier molecular flexibility index (Phi) is 5.95. The van der Waals surface area contributed by atoms with Crippen LogP contribution in [0.1, 0.15) is 22.8 Å². The molecule has 2 aromatic rings. The monoisotopic (exact) mass is 326 g/mol. The van der Waals surface area contributed by atoms with E-state index in [0.717, 1.165) is 5.56 Å². The number of rotatable bonds is 6. The predicted octanol–water partition coefficient (Wildman–Crippen LogP) is 3.10. The number of nitrogens with zero attached hydrogens (tertiary/aromatic N) is 1. The molecule has 0 radical (unpaired) electrons. The molecule has 0 saturated heterocycles. The third kappa shape index (κ3) is 4.35. The van der Waals surface area contributed by atoms with E-state index in [2.05, 4.69) is 5.32 Å². The topological polar surface area (TPSA) is 58.6 Å². The van der Waals surface area contributed by atoms with Crippen LogP contribution >= 0.6 is 0 Å². The average Bonchev–Trinajstić information content (AvgIpc) is 2.59. The van der Waals surface area contributed by atoms with E-state index in [1.54, 1.807) is 25.3 Å². The van der Waals surface area contributed by atoms with Crippen LogP contribution in [0.5, 0.6) is 5.75 Å². The van der Waals surface area contributed by atoms with Crippen molar-refractivity contribution in [2.24, 2.45) is 0 Å². The molecular weight excluding hydrogens is 304 g/mol. The van der Waals surface area contributed by atoms with Gasteiger partial charge in [0.15, 0.2) is 0 Å². The van der Waals surface area contributed by atoms with Gasteiger partial charge in [-0.15, -0.1) is 0 Å². The lowest BCUT2D eigenvalue weighted by atomic mass is 10.1. The van der Waals surface area contributed by atoms with Gasteiger partial charge in [0.25, 0.3) is 5.91 Å². The lowest BCUT2D eigenvalue weighted by Crippen LogP contribution is -2.37. The van der Waals surface area contributed by atoms with E-state index in [9.17, 15) is 9.59 Å². The molecule has 0 aromatic heterocycles. The molecule has 0 heterocycles. The van der Waals surface area contributed by atoms with Crippen molar-refractivity contribution in [1.82, 2.24) is 4.90 Å². The van der Waals surface area contributed by atoms with Gasteiger partial charge in [0.05, 0.1) is 12.8 Å². The van der Waals surface area contributed by atoms with E-state index in [0.29, 0.717) is 23.5 Å². The van der Waals surface area contributed by atoms with E-state index in [1.807, 2.05) is 44.2 Å². The smallest absolute Gasteiger partial charge is 0.254 e. The summed E-state index contributed by atoms with van der Waals surface area (Å²) in [7, 11) is 1.55. The standard InChI is InChI=1S/C19H22N2O3/c1-4-21(19(23)15-9-7-8-14(2)12-15)13-18(22)20-16-10-5-6-11-17(16)24-3/h5-12H,4,13H2,1-3H3,(H,20,22). The van der Waals surface area contributed by atoms with Crippen molar-refractivity contribution in [3.05, 3.63) is 59.7 Å². The van der Waals surface area contributed by atoms with Gasteiger partial charge in [0, 0.05) is 12.1 Å². The van der Waals surface area contributed by atoms with E-state index >= 15 is 0 Å². The van der Waals surface area contributed by atoms with Gasteiger partial charge in [-0.3, -0.25) is 9.59 Å². The Bertz CT molecular complexity index is 728. The fourth-order valence-corrected chi connectivity index (χ4v) is 2.40. The zero-order valence-electron chi connectivity index (χ0n) is 14.2. The summed E-state index contributed by atoms with van der Waals surface area (Å²) in [4.78, 5) is 26.4. The van der Waals surface area contributed by atoms with Gasteiger partial charge < -0.3 is 15.0 Å². The molecule has 5 heteroatoms. The molecule has 2 amide bonds. The van der Waals surface area contributed by atoms with Crippen molar-refractivity contribution in [1.29, 1.82) is 0 Å². The van der Waals surface area contributed by atoms with Crippen molar-refractivity contribution in [2.45, 2.75) is 13.8 Å². The summed E-state index contributed by atoms with van der Waals surface area (Å²) < 4.78 is 5.21. The summed E-state index contributed by atoms with van der Waals surface area (Å²) in [5.74, 6) is 0.164. The third-order valence-electron chi connectivity index (χ3n) is 3.65. The van der Waals surface area contributed by atoms with Crippen LogP contribution in [-0.4, -0.2) is 36.9 Å². The molecular formula is C19H22N2O3. The molecule has 126 valence electrons. The molecule has 0 saturated carbocycles. The lowest BCUT2D eigenvalue weighted by Gasteiger charge is -2.21. The molecule has 0 unspecified atom stereocenters. The summed E-state index contributed by atoms with van der Waals surface area (Å²) in [6.07, 6.45) is 0. The Hall–Kier alpha value is -2.82. The highest BCUT2D eigenvalue weighted by molar-refractivity contribution is 5.99. The number of likely N-dealkylation sites (N-methyl/N-ethyl adjacent to an activating group) is 1. The van der Waals surface area contributed by atoms with Crippen LogP contribution < -0.4 is 10.1 Å². The second-order valence-electron chi connectivity index (χ2n) is 5.44. The van der Waals surface area contributed by atoms with Crippen molar-refractivity contribution in [3.63, 3.8) is 0 Å². The molecule has 0 aliphatic rings. The SMILES string of the molecule is CCN(CC(=O)Nc1ccccc1OC)C(=O)c1cccc(C)c1. The number of ether oxygens (including phenoxy) is 1. The zero-order chi connectivity index (χ0) is 17.5. The van der Waals surface area contributed by atoms with Crippen LogP contribution in [-0.2, 0) is 4.79 Å². The van der Waals surface area contributed by atoms with Crippen LogP contribution in [0.25, 0.3) is 0 Å². The number of hydrogen-bond donors (Lipinski definition) is 1. The minimum absolute atomic E-state index is 0.0126. The fourth-order valence-electron chi connectivity index (χ4n) is 2.40. The fraction of sp³-hybridized carbons (Fsp3) is 0.263. The van der Waals surface area contributed by atoms with Gasteiger partial charge in [-0.05, 0) is 38.1 Å². The van der Waals surface area contributed by atoms with Crippen molar-refractivity contribution in [2.75, 3.05) is 25.5 Å². The highest BCUT2D eigenvalue weighted by atomic mass is 16.5. The molecule has 0 aliphatic heterocycles. The van der Waals surface area contributed by atoms with Gasteiger partial charge in [-0.1, -0.05) is 29.8 Å². The molecule has 5 nitrogen and oxygen atoms in total. The summed E-state index contributed by atoms with van der Waals surface area (Å²) in [5.41, 5.74) is 2.18. The second kappa shape index (κ2) is 8.15. The average molecular weight is 326 g/mol. The second-order valence-corrected chi connectivity index (χ2v) is 5.44. The van der Waals surface area contributed by atoms with E-state index in [4.69, 9.17) is 4.74 Å². The number of carbonyl (C=O) groups is 2. The summed E-state index contributed by atoms with van der Waals surface area (Å²) in [5, 5.41) is 2.79. The molecule has 0 aliphatic carbocycles. The summed E-state index contributed by atoms with van der Waals surface area (Å²) in [6.45, 7) is 4.22. The van der Waals surface area contributed by atoms with Crippen LogP contribution in [0.4, 0.5) is 5.69 Å². The van der Waals surface area contributed by atoms with Gasteiger partial charge in [-0.2, -0.15) is 0 Å². The Morgan fingerprint density at radius 3 is 2.54 bits per heavy atom. The quantitative estimate of drug-likeness (QED) is 0.887. The maximum absolute atomic E-state index is 12.6. The Morgan fingerprint density at radius 2 is 1.88 bits per heavy atom. The van der Waals surface area contributed by atoms with E-state index in [1.165, 1.54) is 4.90 Å². The minimum Gasteiger partial charge on any atom is -0.495 e. The number of hydrogen-bond acceptors (Lipinski definition) is 3. The number of aryl methyl sites for hydroxylation is 1. The molecule has 24 heavy (non-hydrogen) atoms. The predicted molar refractivity (Wildman–Crippen MR) is 94.4 cm³/mol. The first-order valence-electron chi connectivity index (χ1n) is 7.84. The summed E-state index contributed by atoms with van der Waals surface area (Å²) in [6, 6.07) is 14.5. The maximum atomic E-state index is 12.6. The third-order valence-corrected chi connectivity index (χ3v) is 3.65. The number of amides is 2. The zero-order valence-corrected chi connectivity index (χ0v) is 14.2. The number of methoxy groups -OCH3 is 1. The van der Waals surface area contributed by atoms with E-state index in [-0.39, 0.29) is 18.4 Å². The van der Waals surface area contributed by atoms with Crippen molar-refractivity contribution < 1.29 is 14.3 Å². The maximum Gasteiger partial charge on any atom is 0.254 e. The molecule has 0 fully saturated rings. The highest BCUT2D eigenvalue weighted by Gasteiger charge is 2.18. The lowest BCUT2D eigenvalue weighted by molar-refractivity contribution is -0.116. The first kappa shape index (κ1) is 17.5. The number of nitrogens with one attached hydrogen (secondary N) is 1. The van der Waals surface area contributed by atoms with Crippen molar-refractivity contribution in [3.8, 4) is 5.75 Å². The van der Waals surface area contributed by atoms with Gasteiger partial charge >= 0.3 is 0 Å². The minimum atomic E-state index is -0.262. The molecule has 0 spiro atoms. The normalized spacial score (nSPS) is 10.1. The van der Waals surface area contributed by atoms with E-state index < -0.39 is 0 Å². The highest BCUT2D eigenvalue weighted by Crippen LogP contribution is 2.22. The molecule has 1 N–H and O–H groups in total. The van der Waals surface area contributed by atoms with Crippen LogP contribution in [0, 0.1) is 6.92 Å². The number of carbonyl (C=O) groups excluding carboxylic acids is 2. The molecule has 2 rings (SSSR count). The first-order chi connectivity index (χ1) is 11.5. The van der Waals surface area contributed by atoms with Crippen LogP contribution in [0.15, 0.2) is 48.5 Å². The summed E-state index contributed by atoms with van der Waals surface area (Å²) >= 11 is 0. The Morgan fingerprint density at radius 1 is 1.12 bits per heavy atom. The Balaban J connectivity index is 2.06. The Labute approximate surface area is 142 Å². The van der Waals surface area contributed by atoms with Crippen LogP contribution in [0.3, 0.4) is 0 Å². The number of benzene rings is 2.